The van der Waals surface area contributed by atoms with E-state index in [2.05, 4.69) is 15.1 Å². The van der Waals surface area contributed by atoms with Gasteiger partial charge in [0.25, 0.3) is 0 Å². The first-order valence-electron chi connectivity index (χ1n) is 11.6. The third kappa shape index (κ3) is 5.23. The van der Waals surface area contributed by atoms with E-state index in [1.54, 1.807) is 23.0 Å². The predicted molar refractivity (Wildman–Crippen MR) is 139 cm³/mol. The van der Waals surface area contributed by atoms with E-state index in [4.69, 9.17) is 0 Å². The standard InChI is InChI=1S/C27H31FN4O2S/c1-17(2)25(31-35(33,34)27-19(4)13-18(3)14-20(27)5)16-29-24-7-6-8-26-23(24)15-30-32(26)22-11-9-21(28)10-12-22/h6-15,17,25,29,31H,16H2,1-5H3/t25-/m1/s1. The highest BCUT2D eigenvalue weighted by Gasteiger charge is 2.25. The number of nitrogens with zero attached hydrogens (tertiary/aromatic N) is 2. The summed E-state index contributed by atoms with van der Waals surface area (Å²) in [6.07, 6.45) is 1.76. The molecule has 0 aliphatic heterocycles. The molecule has 35 heavy (non-hydrogen) atoms. The van der Waals surface area contributed by atoms with Gasteiger partial charge in [-0.2, -0.15) is 5.10 Å². The summed E-state index contributed by atoms with van der Waals surface area (Å²) in [5.74, 6) is -0.241. The smallest absolute Gasteiger partial charge is 0.241 e. The Kier molecular flexibility index (Phi) is 6.96. The van der Waals surface area contributed by atoms with Gasteiger partial charge >= 0.3 is 0 Å². The first-order valence-corrected chi connectivity index (χ1v) is 13.1. The number of nitrogens with one attached hydrogen (secondary N) is 2. The van der Waals surface area contributed by atoms with Crippen molar-refractivity contribution >= 4 is 26.6 Å². The van der Waals surface area contributed by atoms with Crippen LogP contribution in [-0.2, 0) is 10.0 Å². The zero-order valence-corrected chi connectivity index (χ0v) is 21.4. The predicted octanol–water partition coefficient (Wildman–Crippen LogP) is 5.50. The van der Waals surface area contributed by atoms with Crippen LogP contribution in [0.15, 0.2) is 65.7 Å². The summed E-state index contributed by atoms with van der Waals surface area (Å²) in [4.78, 5) is 0.344. The molecule has 6 nitrogen and oxygen atoms in total. The van der Waals surface area contributed by atoms with Crippen LogP contribution in [0.4, 0.5) is 10.1 Å². The minimum atomic E-state index is -3.70. The highest BCUT2D eigenvalue weighted by atomic mass is 32.2. The van der Waals surface area contributed by atoms with Gasteiger partial charge in [-0.05, 0) is 74.2 Å². The minimum absolute atomic E-state index is 0.0597. The first-order chi connectivity index (χ1) is 16.6. The summed E-state index contributed by atoms with van der Waals surface area (Å²) in [7, 11) is -3.70. The molecule has 0 radical (unpaired) electrons. The molecule has 0 saturated heterocycles. The molecular formula is C27H31FN4O2S. The summed E-state index contributed by atoms with van der Waals surface area (Å²) in [6, 6.07) is 15.4. The number of benzene rings is 3. The zero-order chi connectivity index (χ0) is 25.3. The van der Waals surface area contributed by atoms with Crippen LogP contribution in [0.25, 0.3) is 16.6 Å². The molecule has 0 aliphatic rings. The van der Waals surface area contributed by atoms with Crippen molar-refractivity contribution in [2.75, 3.05) is 11.9 Å². The van der Waals surface area contributed by atoms with Crippen LogP contribution in [0.5, 0.6) is 0 Å². The number of aryl methyl sites for hydroxylation is 3. The summed E-state index contributed by atoms with van der Waals surface area (Å²) in [5, 5.41) is 8.80. The quantitative estimate of drug-likeness (QED) is 0.339. The molecule has 8 heteroatoms. The SMILES string of the molecule is Cc1cc(C)c(S(=O)(=O)N[C@H](CNc2cccc3c2cnn3-c2ccc(F)cc2)C(C)C)c(C)c1. The maximum atomic E-state index is 13.3. The second-order valence-electron chi connectivity index (χ2n) is 9.35. The fourth-order valence-electron chi connectivity index (χ4n) is 4.48. The van der Waals surface area contributed by atoms with E-state index in [9.17, 15) is 12.8 Å². The molecule has 0 unspecified atom stereocenters. The van der Waals surface area contributed by atoms with Crippen molar-refractivity contribution in [2.24, 2.45) is 5.92 Å². The molecule has 0 spiro atoms. The Bertz CT molecular complexity index is 1440. The molecule has 3 aromatic carbocycles. The topological polar surface area (TPSA) is 76.0 Å². The summed E-state index contributed by atoms with van der Waals surface area (Å²) >= 11 is 0. The molecule has 0 saturated carbocycles. The lowest BCUT2D eigenvalue weighted by Gasteiger charge is -2.24. The van der Waals surface area contributed by atoms with Gasteiger partial charge in [0.15, 0.2) is 0 Å². The van der Waals surface area contributed by atoms with Crippen molar-refractivity contribution in [3.8, 4) is 5.69 Å². The van der Waals surface area contributed by atoms with E-state index in [0.29, 0.717) is 11.4 Å². The van der Waals surface area contributed by atoms with Crippen molar-refractivity contribution in [3.63, 3.8) is 0 Å². The molecule has 1 heterocycles. The fraction of sp³-hybridized carbons (Fsp3) is 0.296. The number of halogens is 1. The van der Waals surface area contributed by atoms with Gasteiger partial charge in [0, 0.05) is 23.7 Å². The Morgan fingerprint density at radius 2 is 1.66 bits per heavy atom. The third-order valence-corrected chi connectivity index (χ3v) is 7.98. The number of aromatic nitrogens is 2. The molecule has 1 atom stereocenters. The van der Waals surface area contributed by atoms with Gasteiger partial charge in [0.2, 0.25) is 10.0 Å². The zero-order valence-electron chi connectivity index (χ0n) is 20.6. The maximum Gasteiger partial charge on any atom is 0.241 e. The Hall–Kier alpha value is -3.23. The number of anilines is 1. The van der Waals surface area contributed by atoms with E-state index in [-0.39, 0.29) is 17.8 Å². The van der Waals surface area contributed by atoms with Gasteiger partial charge in [-0.1, -0.05) is 37.6 Å². The largest absolute Gasteiger partial charge is 0.383 e. The lowest BCUT2D eigenvalue weighted by molar-refractivity contribution is 0.463. The fourth-order valence-corrected chi connectivity index (χ4v) is 6.31. The summed E-state index contributed by atoms with van der Waals surface area (Å²) in [6.45, 7) is 10.0. The molecule has 0 amide bonds. The van der Waals surface area contributed by atoms with Crippen LogP contribution in [0.2, 0.25) is 0 Å². The lowest BCUT2D eigenvalue weighted by atomic mass is 10.1. The number of sulfonamides is 1. The van der Waals surface area contributed by atoms with Crippen LogP contribution in [0.3, 0.4) is 0 Å². The van der Waals surface area contributed by atoms with Gasteiger partial charge in [-0.3, -0.25) is 0 Å². The minimum Gasteiger partial charge on any atom is -0.383 e. The Balaban J connectivity index is 1.58. The number of fused-ring (bicyclic) bond motifs is 1. The molecule has 2 N–H and O–H groups in total. The normalized spacial score (nSPS) is 12.9. The van der Waals surface area contributed by atoms with Crippen molar-refractivity contribution in [1.82, 2.24) is 14.5 Å². The average molecular weight is 495 g/mol. The molecule has 1 aromatic heterocycles. The highest BCUT2D eigenvalue weighted by molar-refractivity contribution is 7.89. The molecule has 0 fully saturated rings. The van der Waals surface area contributed by atoms with Crippen LogP contribution >= 0.6 is 0 Å². The van der Waals surface area contributed by atoms with Crippen LogP contribution in [-0.4, -0.2) is 30.8 Å². The number of hydrogen-bond acceptors (Lipinski definition) is 4. The lowest BCUT2D eigenvalue weighted by Crippen LogP contribution is -2.43. The van der Waals surface area contributed by atoms with E-state index in [0.717, 1.165) is 39.0 Å². The molecular weight excluding hydrogens is 463 g/mol. The third-order valence-electron chi connectivity index (χ3n) is 6.18. The molecule has 0 aliphatic carbocycles. The monoisotopic (exact) mass is 494 g/mol. The average Bonchev–Trinajstić information content (AvgIpc) is 3.21. The second-order valence-corrected chi connectivity index (χ2v) is 11.0. The first kappa shape index (κ1) is 24.9. The molecule has 0 bridgehead atoms. The molecule has 4 aromatic rings. The van der Waals surface area contributed by atoms with Gasteiger partial charge in [0.1, 0.15) is 5.82 Å². The number of rotatable bonds is 8. The van der Waals surface area contributed by atoms with Crippen LogP contribution in [0.1, 0.15) is 30.5 Å². The molecule has 4 rings (SSSR count). The van der Waals surface area contributed by atoms with Crippen molar-refractivity contribution in [1.29, 1.82) is 0 Å². The van der Waals surface area contributed by atoms with Gasteiger partial charge in [-0.25, -0.2) is 22.2 Å². The van der Waals surface area contributed by atoms with E-state index in [1.165, 1.54) is 12.1 Å². The Labute approximate surface area is 206 Å². The Morgan fingerprint density at radius 3 is 2.29 bits per heavy atom. The second kappa shape index (κ2) is 9.79. The maximum absolute atomic E-state index is 13.3. The highest BCUT2D eigenvalue weighted by Crippen LogP contribution is 2.26. The summed E-state index contributed by atoms with van der Waals surface area (Å²) < 4.78 is 44.7. The van der Waals surface area contributed by atoms with Gasteiger partial charge in [0.05, 0.1) is 22.3 Å². The van der Waals surface area contributed by atoms with E-state index in [1.807, 2.05) is 65.0 Å². The van der Waals surface area contributed by atoms with Crippen molar-refractivity contribution in [3.05, 3.63) is 83.3 Å². The van der Waals surface area contributed by atoms with Gasteiger partial charge < -0.3 is 5.32 Å². The van der Waals surface area contributed by atoms with Crippen LogP contribution < -0.4 is 10.0 Å². The number of hydrogen-bond donors (Lipinski definition) is 2. The van der Waals surface area contributed by atoms with Crippen LogP contribution in [0, 0.1) is 32.5 Å². The van der Waals surface area contributed by atoms with E-state index >= 15 is 0 Å². The van der Waals surface area contributed by atoms with Crippen molar-refractivity contribution < 1.29 is 12.8 Å². The Morgan fingerprint density at radius 1 is 1.00 bits per heavy atom. The van der Waals surface area contributed by atoms with E-state index < -0.39 is 10.0 Å². The van der Waals surface area contributed by atoms with Gasteiger partial charge in [-0.15, -0.1) is 0 Å². The molecule has 184 valence electrons. The summed E-state index contributed by atoms with van der Waals surface area (Å²) in [5.41, 5.74) is 5.00. The van der Waals surface area contributed by atoms with Crippen molar-refractivity contribution in [2.45, 2.75) is 45.6 Å².